The summed E-state index contributed by atoms with van der Waals surface area (Å²) < 4.78 is 0. The van der Waals surface area contributed by atoms with Gasteiger partial charge in [-0.3, -0.25) is 0 Å². The lowest BCUT2D eigenvalue weighted by Crippen LogP contribution is -2.38. The van der Waals surface area contributed by atoms with E-state index in [1.165, 1.54) is 16.7 Å². The summed E-state index contributed by atoms with van der Waals surface area (Å²) in [4.78, 5) is 14.7. The molecule has 1 saturated carbocycles. The first-order chi connectivity index (χ1) is 7.07. The van der Waals surface area contributed by atoms with Crippen LogP contribution >= 0.6 is 11.3 Å². The van der Waals surface area contributed by atoms with E-state index in [-0.39, 0.29) is 5.69 Å². The summed E-state index contributed by atoms with van der Waals surface area (Å²) in [5, 5.41) is 20.0. The van der Waals surface area contributed by atoms with Gasteiger partial charge in [-0.2, -0.15) is 5.26 Å². The molecule has 0 atom stereocenters. The molecule has 1 aliphatic carbocycles. The number of thiazole rings is 1. The first-order valence-corrected chi connectivity index (χ1v) is 5.56. The minimum atomic E-state index is -1.03. The summed E-state index contributed by atoms with van der Waals surface area (Å²) in [7, 11) is 0. The average molecular weight is 222 g/mol. The van der Waals surface area contributed by atoms with Crippen molar-refractivity contribution in [3.8, 4) is 6.07 Å². The van der Waals surface area contributed by atoms with Crippen molar-refractivity contribution in [3.63, 3.8) is 0 Å². The summed E-state index contributed by atoms with van der Waals surface area (Å²) in [5.74, 6) is -0.500. The van der Waals surface area contributed by atoms with Gasteiger partial charge in [0.1, 0.15) is 10.4 Å². The van der Waals surface area contributed by atoms with E-state index in [9.17, 15) is 4.79 Å². The largest absolute Gasteiger partial charge is 0.476 e. The van der Waals surface area contributed by atoms with Gasteiger partial charge in [0.15, 0.2) is 5.69 Å². The summed E-state index contributed by atoms with van der Waals surface area (Å²) in [5.41, 5.74) is -0.471. The molecule has 0 saturated heterocycles. The lowest BCUT2D eigenvalue weighted by atomic mass is 9.64. The number of rotatable bonds is 2. The molecule has 1 aromatic rings. The highest BCUT2D eigenvalue weighted by atomic mass is 32.1. The summed E-state index contributed by atoms with van der Waals surface area (Å²) in [6, 6.07) is 2.27. The second kappa shape index (κ2) is 3.31. The van der Waals surface area contributed by atoms with Crippen LogP contribution in [0.4, 0.5) is 0 Å². The van der Waals surface area contributed by atoms with Gasteiger partial charge in [-0.1, -0.05) is 6.92 Å². The van der Waals surface area contributed by atoms with Crippen LogP contribution in [0, 0.1) is 17.2 Å². The average Bonchev–Trinajstić information content (AvgIpc) is 2.61. The molecule has 78 valence electrons. The van der Waals surface area contributed by atoms with E-state index < -0.39 is 11.4 Å². The van der Waals surface area contributed by atoms with Gasteiger partial charge in [0.2, 0.25) is 0 Å². The van der Waals surface area contributed by atoms with Crippen LogP contribution in [0.3, 0.4) is 0 Å². The minimum absolute atomic E-state index is 0.0455. The van der Waals surface area contributed by atoms with Gasteiger partial charge in [0.25, 0.3) is 0 Å². The molecule has 1 fully saturated rings. The maximum atomic E-state index is 10.7. The molecule has 1 heterocycles. The Balaban J connectivity index is 2.30. The quantitative estimate of drug-likeness (QED) is 0.830. The van der Waals surface area contributed by atoms with E-state index in [4.69, 9.17) is 10.4 Å². The van der Waals surface area contributed by atoms with Gasteiger partial charge < -0.3 is 5.11 Å². The Kier molecular flexibility index (Phi) is 2.24. The van der Waals surface area contributed by atoms with Crippen LogP contribution in [0.2, 0.25) is 0 Å². The Labute approximate surface area is 91.2 Å². The third kappa shape index (κ3) is 1.51. The fourth-order valence-electron chi connectivity index (χ4n) is 2.04. The summed E-state index contributed by atoms with van der Waals surface area (Å²) in [6.07, 6.45) is 1.58. The summed E-state index contributed by atoms with van der Waals surface area (Å²) >= 11 is 1.27. The molecule has 1 aromatic heterocycles. The molecule has 0 aromatic carbocycles. The van der Waals surface area contributed by atoms with Crippen LogP contribution in [0.5, 0.6) is 0 Å². The molecule has 1 N–H and O–H groups in total. The third-order valence-corrected chi connectivity index (χ3v) is 3.79. The van der Waals surface area contributed by atoms with Crippen LogP contribution in [0.15, 0.2) is 5.38 Å². The third-order valence-electron chi connectivity index (χ3n) is 2.74. The zero-order chi connectivity index (χ0) is 11.1. The fraction of sp³-hybridized carbons (Fsp3) is 0.500. The lowest BCUT2D eigenvalue weighted by molar-refractivity contribution is 0.0690. The second-order valence-electron chi connectivity index (χ2n) is 4.05. The highest BCUT2D eigenvalue weighted by Crippen LogP contribution is 2.47. The number of aromatic nitrogens is 1. The molecular formula is C10H10N2O2S. The first kappa shape index (κ1) is 10.1. The zero-order valence-electron chi connectivity index (χ0n) is 8.23. The number of hydrogen-bond acceptors (Lipinski definition) is 4. The topological polar surface area (TPSA) is 74.0 Å². The monoisotopic (exact) mass is 222 g/mol. The van der Waals surface area contributed by atoms with Crippen LogP contribution in [0.1, 0.15) is 35.3 Å². The van der Waals surface area contributed by atoms with Crippen LogP contribution in [0.25, 0.3) is 0 Å². The predicted octanol–water partition coefficient (Wildman–Crippen LogP) is 2.03. The van der Waals surface area contributed by atoms with E-state index >= 15 is 0 Å². The van der Waals surface area contributed by atoms with Gasteiger partial charge in [0, 0.05) is 5.38 Å². The maximum Gasteiger partial charge on any atom is 0.355 e. The van der Waals surface area contributed by atoms with Gasteiger partial charge >= 0.3 is 5.97 Å². The van der Waals surface area contributed by atoms with Crippen molar-refractivity contribution in [3.05, 3.63) is 16.1 Å². The molecule has 2 rings (SSSR count). The predicted molar refractivity (Wildman–Crippen MR) is 54.8 cm³/mol. The van der Waals surface area contributed by atoms with Crippen molar-refractivity contribution in [1.82, 2.24) is 4.98 Å². The molecule has 0 bridgehead atoms. The second-order valence-corrected chi connectivity index (χ2v) is 4.91. The smallest absolute Gasteiger partial charge is 0.355 e. The number of nitriles is 1. The molecule has 15 heavy (non-hydrogen) atoms. The van der Waals surface area contributed by atoms with Crippen molar-refractivity contribution in [2.24, 2.45) is 5.92 Å². The van der Waals surface area contributed by atoms with Crippen molar-refractivity contribution in [2.75, 3.05) is 0 Å². The van der Waals surface area contributed by atoms with Gasteiger partial charge in [-0.15, -0.1) is 11.3 Å². The zero-order valence-corrected chi connectivity index (χ0v) is 9.04. The van der Waals surface area contributed by atoms with Crippen molar-refractivity contribution in [2.45, 2.75) is 25.2 Å². The van der Waals surface area contributed by atoms with Crippen molar-refractivity contribution >= 4 is 17.3 Å². The molecule has 0 amide bonds. The Morgan fingerprint density at radius 2 is 2.47 bits per heavy atom. The number of carboxylic acid groups (broad SMARTS) is 1. The van der Waals surface area contributed by atoms with Crippen LogP contribution in [-0.2, 0) is 5.41 Å². The Hall–Kier alpha value is -1.41. The lowest BCUT2D eigenvalue weighted by Gasteiger charge is -2.39. The van der Waals surface area contributed by atoms with E-state index in [0.717, 1.165) is 12.8 Å². The van der Waals surface area contributed by atoms with Crippen LogP contribution < -0.4 is 0 Å². The van der Waals surface area contributed by atoms with Gasteiger partial charge in [-0.05, 0) is 18.8 Å². The molecular weight excluding hydrogens is 212 g/mol. The number of nitrogens with zero attached hydrogens (tertiary/aromatic N) is 2. The number of hydrogen-bond donors (Lipinski definition) is 1. The Morgan fingerprint density at radius 3 is 2.87 bits per heavy atom. The first-order valence-electron chi connectivity index (χ1n) is 4.68. The van der Waals surface area contributed by atoms with Crippen molar-refractivity contribution in [1.29, 1.82) is 5.26 Å². The standard InChI is InChI=1S/C10H10N2O2S/c1-6-2-10(3-6,5-11)9-12-7(4-15-9)8(13)14/h4,6H,2-3H2,1H3,(H,13,14). The van der Waals surface area contributed by atoms with E-state index in [2.05, 4.69) is 18.0 Å². The molecule has 5 heteroatoms. The van der Waals surface area contributed by atoms with Crippen molar-refractivity contribution < 1.29 is 9.90 Å². The maximum absolute atomic E-state index is 10.7. The highest BCUT2D eigenvalue weighted by molar-refractivity contribution is 7.10. The SMILES string of the molecule is CC1CC(C#N)(c2nc(C(=O)O)cs2)C1. The van der Waals surface area contributed by atoms with E-state index in [1.54, 1.807) is 0 Å². The van der Waals surface area contributed by atoms with Gasteiger partial charge in [-0.25, -0.2) is 9.78 Å². The molecule has 4 nitrogen and oxygen atoms in total. The number of carboxylic acids is 1. The van der Waals surface area contributed by atoms with Gasteiger partial charge in [0.05, 0.1) is 6.07 Å². The van der Waals surface area contributed by atoms with E-state index in [1.807, 2.05) is 0 Å². The fourth-order valence-corrected chi connectivity index (χ4v) is 3.00. The van der Waals surface area contributed by atoms with Crippen LogP contribution in [-0.4, -0.2) is 16.1 Å². The minimum Gasteiger partial charge on any atom is -0.476 e. The normalized spacial score (nSPS) is 29.2. The summed E-state index contributed by atoms with van der Waals surface area (Å²) in [6.45, 7) is 2.08. The Morgan fingerprint density at radius 1 is 1.80 bits per heavy atom. The molecule has 0 radical (unpaired) electrons. The highest BCUT2D eigenvalue weighted by Gasteiger charge is 2.46. The molecule has 0 aliphatic heterocycles. The Bertz CT molecular complexity index is 441. The molecule has 1 aliphatic rings. The molecule has 0 unspecified atom stereocenters. The number of carbonyl (C=O) groups is 1. The molecule has 0 spiro atoms. The van der Waals surface area contributed by atoms with E-state index in [0.29, 0.717) is 10.9 Å². The number of aromatic carboxylic acids is 1.